The molecule has 2 heterocycles. The fourth-order valence-corrected chi connectivity index (χ4v) is 5.22. The summed E-state index contributed by atoms with van der Waals surface area (Å²) in [6.07, 6.45) is 2.57. The summed E-state index contributed by atoms with van der Waals surface area (Å²) in [5, 5.41) is 3.36. The van der Waals surface area contributed by atoms with E-state index in [1.807, 2.05) is 13.8 Å². The summed E-state index contributed by atoms with van der Waals surface area (Å²) in [6.45, 7) is 17.3. The van der Waals surface area contributed by atoms with E-state index in [1.54, 1.807) is 0 Å². The number of hydrogen-bond acceptors (Lipinski definition) is 4. The largest absolute Gasteiger partial charge is 0.357 e. The molecule has 0 spiro atoms. The van der Waals surface area contributed by atoms with Crippen molar-refractivity contribution in [3.05, 3.63) is 0 Å². The minimum atomic E-state index is -3.04. The topological polar surface area (TPSA) is 65.0 Å². The third kappa shape index (κ3) is 6.19. The number of sulfone groups is 1. The molecular weight excluding hydrogens is 475 g/mol. The number of nitrogens with one attached hydrogen (secondary N) is 1. The van der Waals surface area contributed by atoms with Crippen molar-refractivity contribution in [2.24, 2.45) is 10.9 Å². The number of halogens is 1. The standard InChI is InChI=1S/C19H38N4O2S.HI/c1-7-20-17(22-11-12-26(24,25)19(5,6)15-22)21-14-18(3,4)23-10-8-9-16(2)13-23;/h16H,7-15H2,1-6H3,(H,20,21);1H. The molecule has 0 aliphatic carbocycles. The van der Waals surface area contributed by atoms with Gasteiger partial charge in [0.15, 0.2) is 15.8 Å². The quantitative estimate of drug-likeness (QED) is 0.355. The summed E-state index contributed by atoms with van der Waals surface area (Å²) in [7, 11) is -3.04. The van der Waals surface area contributed by atoms with E-state index in [9.17, 15) is 8.42 Å². The Labute approximate surface area is 183 Å². The number of hydrogen-bond donors (Lipinski definition) is 1. The van der Waals surface area contributed by atoms with Crippen molar-refractivity contribution in [1.29, 1.82) is 0 Å². The Kier molecular flexibility index (Phi) is 8.88. The third-order valence-corrected chi connectivity index (χ3v) is 8.34. The van der Waals surface area contributed by atoms with Gasteiger partial charge in [0.25, 0.3) is 0 Å². The van der Waals surface area contributed by atoms with Crippen LogP contribution >= 0.6 is 24.0 Å². The van der Waals surface area contributed by atoms with Crippen LogP contribution in [-0.4, -0.2) is 79.5 Å². The molecule has 2 saturated heterocycles. The maximum atomic E-state index is 12.3. The molecule has 0 bridgehead atoms. The molecule has 0 aromatic carbocycles. The molecule has 1 atom stereocenters. The minimum absolute atomic E-state index is 0. The van der Waals surface area contributed by atoms with Crippen molar-refractivity contribution in [3.63, 3.8) is 0 Å². The summed E-state index contributed by atoms with van der Waals surface area (Å²) < 4.78 is 23.8. The van der Waals surface area contributed by atoms with E-state index in [-0.39, 0.29) is 35.3 Å². The molecule has 160 valence electrons. The SMILES string of the molecule is CCNC(=NCC(C)(C)N1CCCC(C)C1)N1CCS(=O)(=O)C(C)(C)C1.I. The van der Waals surface area contributed by atoms with Gasteiger partial charge in [0, 0.05) is 31.7 Å². The lowest BCUT2D eigenvalue weighted by Gasteiger charge is -2.43. The van der Waals surface area contributed by atoms with Gasteiger partial charge in [-0.25, -0.2) is 8.42 Å². The molecule has 0 aromatic heterocycles. The van der Waals surface area contributed by atoms with Gasteiger partial charge in [-0.3, -0.25) is 9.89 Å². The maximum Gasteiger partial charge on any atom is 0.194 e. The van der Waals surface area contributed by atoms with Gasteiger partial charge in [-0.05, 0) is 59.9 Å². The first-order chi connectivity index (χ1) is 12.0. The van der Waals surface area contributed by atoms with Gasteiger partial charge in [0.05, 0.1) is 17.0 Å². The van der Waals surface area contributed by atoms with E-state index in [0.29, 0.717) is 19.6 Å². The van der Waals surface area contributed by atoms with E-state index in [2.05, 4.69) is 42.8 Å². The molecule has 0 amide bonds. The number of likely N-dealkylation sites (tertiary alicyclic amines) is 1. The van der Waals surface area contributed by atoms with Crippen molar-refractivity contribution >= 4 is 39.8 Å². The molecule has 0 saturated carbocycles. The van der Waals surface area contributed by atoms with E-state index in [1.165, 1.54) is 12.8 Å². The summed E-state index contributed by atoms with van der Waals surface area (Å²) in [6, 6.07) is 0. The lowest BCUT2D eigenvalue weighted by atomic mass is 9.94. The van der Waals surface area contributed by atoms with Crippen LogP contribution in [0.4, 0.5) is 0 Å². The fraction of sp³-hybridized carbons (Fsp3) is 0.947. The highest BCUT2D eigenvalue weighted by molar-refractivity contribution is 14.0. The van der Waals surface area contributed by atoms with E-state index >= 15 is 0 Å². The van der Waals surface area contributed by atoms with Crippen LogP contribution in [0, 0.1) is 5.92 Å². The van der Waals surface area contributed by atoms with Crippen LogP contribution in [-0.2, 0) is 9.84 Å². The highest BCUT2D eigenvalue weighted by Gasteiger charge is 2.41. The molecular formula is C19H39IN4O2S. The highest BCUT2D eigenvalue weighted by atomic mass is 127. The molecule has 0 aromatic rings. The molecule has 2 aliphatic rings. The summed E-state index contributed by atoms with van der Waals surface area (Å²) >= 11 is 0. The van der Waals surface area contributed by atoms with Crippen molar-refractivity contribution < 1.29 is 8.42 Å². The summed E-state index contributed by atoms with van der Waals surface area (Å²) in [4.78, 5) is 9.58. The van der Waals surface area contributed by atoms with E-state index in [4.69, 9.17) is 4.99 Å². The summed E-state index contributed by atoms with van der Waals surface area (Å²) in [5.74, 6) is 1.78. The number of aliphatic imine (C=N–C) groups is 1. The molecule has 1 unspecified atom stereocenters. The number of piperidine rings is 1. The minimum Gasteiger partial charge on any atom is -0.357 e. The maximum absolute atomic E-state index is 12.3. The second-order valence-corrected chi connectivity index (χ2v) is 11.9. The van der Waals surface area contributed by atoms with Crippen LogP contribution in [0.2, 0.25) is 0 Å². The molecule has 8 heteroatoms. The highest BCUT2D eigenvalue weighted by Crippen LogP contribution is 2.26. The van der Waals surface area contributed by atoms with Gasteiger partial charge in [-0.2, -0.15) is 0 Å². The number of guanidine groups is 1. The normalized spacial score (nSPS) is 26.4. The van der Waals surface area contributed by atoms with Crippen LogP contribution in [0.15, 0.2) is 4.99 Å². The predicted octanol–water partition coefficient (Wildman–Crippen LogP) is 2.59. The molecule has 2 aliphatic heterocycles. The predicted molar refractivity (Wildman–Crippen MR) is 125 cm³/mol. The van der Waals surface area contributed by atoms with Crippen molar-refractivity contribution in [2.45, 2.75) is 64.7 Å². The Morgan fingerprint density at radius 3 is 2.52 bits per heavy atom. The van der Waals surface area contributed by atoms with Crippen molar-refractivity contribution in [3.8, 4) is 0 Å². The Morgan fingerprint density at radius 1 is 1.30 bits per heavy atom. The van der Waals surface area contributed by atoms with Crippen molar-refractivity contribution in [1.82, 2.24) is 15.1 Å². The Bertz CT molecular complexity index is 619. The van der Waals surface area contributed by atoms with Gasteiger partial charge in [0.1, 0.15) is 0 Å². The molecule has 0 radical (unpaired) electrons. The number of rotatable bonds is 4. The van der Waals surface area contributed by atoms with Gasteiger partial charge in [0.2, 0.25) is 0 Å². The van der Waals surface area contributed by atoms with Crippen LogP contribution < -0.4 is 5.32 Å². The Balaban J connectivity index is 0.00000364. The van der Waals surface area contributed by atoms with Crippen LogP contribution in [0.5, 0.6) is 0 Å². The van der Waals surface area contributed by atoms with Crippen molar-refractivity contribution in [2.75, 3.05) is 45.0 Å². The van der Waals surface area contributed by atoms with Crippen LogP contribution in [0.3, 0.4) is 0 Å². The smallest absolute Gasteiger partial charge is 0.194 e. The zero-order valence-corrected chi connectivity index (χ0v) is 21.1. The van der Waals surface area contributed by atoms with Crippen LogP contribution in [0.1, 0.15) is 54.4 Å². The molecule has 2 fully saturated rings. The first-order valence-corrected chi connectivity index (χ1v) is 11.6. The molecule has 6 nitrogen and oxygen atoms in total. The zero-order chi connectivity index (χ0) is 19.6. The molecule has 2 rings (SSSR count). The van der Waals surface area contributed by atoms with Gasteiger partial charge < -0.3 is 10.2 Å². The second-order valence-electron chi connectivity index (χ2n) is 9.18. The zero-order valence-electron chi connectivity index (χ0n) is 17.9. The average Bonchev–Trinajstić information content (AvgIpc) is 2.54. The first-order valence-electron chi connectivity index (χ1n) is 9.99. The molecule has 1 N–H and O–H groups in total. The monoisotopic (exact) mass is 514 g/mol. The lowest BCUT2D eigenvalue weighted by Crippen LogP contribution is -2.57. The van der Waals surface area contributed by atoms with Gasteiger partial charge >= 0.3 is 0 Å². The van der Waals surface area contributed by atoms with Crippen LogP contribution in [0.25, 0.3) is 0 Å². The van der Waals surface area contributed by atoms with E-state index < -0.39 is 14.6 Å². The third-order valence-electron chi connectivity index (χ3n) is 5.81. The average molecular weight is 515 g/mol. The Hall–Kier alpha value is -0.0900. The van der Waals surface area contributed by atoms with Gasteiger partial charge in [-0.15, -0.1) is 24.0 Å². The summed E-state index contributed by atoms with van der Waals surface area (Å²) in [5.41, 5.74) is 0.00668. The second kappa shape index (κ2) is 9.61. The number of nitrogens with zero attached hydrogens (tertiary/aromatic N) is 3. The first kappa shape index (κ1) is 24.9. The van der Waals surface area contributed by atoms with Gasteiger partial charge in [-0.1, -0.05) is 6.92 Å². The Morgan fingerprint density at radius 2 is 1.96 bits per heavy atom. The van der Waals surface area contributed by atoms with E-state index in [0.717, 1.165) is 31.5 Å². The molecule has 27 heavy (non-hydrogen) atoms. The fourth-order valence-electron chi connectivity index (χ4n) is 3.86. The lowest BCUT2D eigenvalue weighted by molar-refractivity contribution is 0.0772.